The van der Waals surface area contributed by atoms with Crippen LogP contribution in [0.15, 0.2) is 110 Å². The molecule has 0 amide bonds. The van der Waals surface area contributed by atoms with Crippen molar-refractivity contribution < 1.29 is 9.34 Å². The van der Waals surface area contributed by atoms with E-state index < -0.39 is 4.92 Å². The number of halogens is 1. The van der Waals surface area contributed by atoms with Crippen molar-refractivity contribution in [2.24, 2.45) is 5.10 Å². The standard InChI is InChI=1S/C27H16BrN5O4/c28-18-10-11-24-17(13-18)14-25(37-24)26-30-23-9-2-1-8-22(23)27(34)32(26)29-16-21-7-4-12-31(21)19-5-3-6-20(15-19)33(35)36/h1-16H. The summed E-state index contributed by atoms with van der Waals surface area (Å²) in [5, 5.41) is 17.0. The third-order valence-electron chi connectivity index (χ3n) is 5.86. The lowest BCUT2D eigenvalue weighted by Crippen LogP contribution is -2.20. The van der Waals surface area contributed by atoms with Crippen LogP contribution < -0.4 is 5.56 Å². The molecule has 0 saturated carbocycles. The number of hydrogen-bond donors (Lipinski definition) is 0. The number of nitro benzene ring substituents is 1. The van der Waals surface area contributed by atoms with Gasteiger partial charge in [0.1, 0.15) is 5.58 Å². The van der Waals surface area contributed by atoms with Gasteiger partial charge in [0, 0.05) is 28.2 Å². The van der Waals surface area contributed by atoms with Gasteiger partial charge in [-0.2, -0.15) is 9.78 Å². The van der Waals surface area contributed by atoms with Crippen LogP contribution in [0, 0.1) is 10.1 Å². The van der Waals surface area contributed by atoms with Crippen molar-refractivity contribution in [2.75, 3.05) is 0 Å². The maximum absolute atomic E-state index is 13.5. The molecule has 0 fully saturated rings. The summed E-state index contributed by atoms with van der Waals surface area (Å²) in [4.78, 5) is 29.0. The number of hydrogen-bond acceptors (Lipinski definition) is 6. The van der Waals surface area contributed by atoms with Crippen LogP contribution >= 0.6 is 15.9 Å². The van der Waals surface area contributed by atoms with Gasteiger partial charge >= 0.3 is 0 Å². The number of non-ortho nitro benzene ring substituents is 1. The number of furan rings is 1. The summed E-state index contributed by atoms with van der Waals surface area (Å²) in [5.41, 5.74) is 1.99. The Labute approximate surface area is 217 Å². The summed E-state index contributed by atoms with van der Waals surface area (Å²) >= 11 is 3.47. The average Bonchev–Trinajstić information content (AvgIpc) is 3.55. The number of nitrogens with zero attached hydrogens (tertiary/aromatic N) is 5. The fourth-order valence-electron chi connectivity index (χ4n) is 4.12. The molecule has 180 valence electrons. The summed E-state index contributed by atoms with van der Waals surface area (Å²) in [6.45, 7) is 0. The number of fused-ring (bicyclic) bond motifs is 2. The molecule has 0 spiro atoms. The third-order valence-corrected chi connectivity index (χ3v) is 6.35. The molecule has 0 saturated heterocycles. The molecule has 0 unspecified atom stereocenters. The van der Waals surface area contributed by atoms with Gasteiger partial charge in [-0.15, -0.1) is 0 Å². The van der Waals surface area contributed by atoms with Gasteiger partial charge in [0.25, 0.3) is 11.2 Å². The van der Waals surface area contributed by atoms with Crippen LogP contribution in [-0.4, -0.2) is 25.4 Å². The van der Waals surface area contributed by atoms with Gasteiger partial charge in [0.15, 0.2) is 5.76 Å². The van der Waals surface area contributed by atoms with E-state index in [4.69, 9.17) is 9.40 Å². The molecule has 3 aromatic heterocycles. The molecule has 0 bridgehead atoms. The highest BCUT2D eigenvalue weighted by molar-refractivity contribution is 9.10. The topological polar surface area (TPSA) is 108 Å². The van der Waals surface area contributed by atoms with Gasteiger partial charge in [-0.3, -0.25) is 14.9 Å². The molecule has 0 aliphatic carbocycles. The SMILES string of the molecule is O=c1c2ccccc2nc(-c2cc3cc(Br)ccc3o2)n1N=Cc1cccn1-c1cccc([N+](=O)[O-])c1. The van der Waals surface area contributed by atoms with E-state index in [2.05, 4.69) is 21.0 Å². The second kappa shape index (κ2) is 8.99. The van der Waals surface area contributed by atoms with Crippen molar-refractivity contribution in [3.05, 3.63) is 122 Å². The third kappa shape index (κ3) is 4.13. The Kier molecular flexibility index (Phi) is 5.50. The fraction of sp³-hybridized carbons (Fsp3) is 0. The van der Waals surface area contributed by atoms with Crippen LogP contribution in [-0.2, 0) is 0 Å². The number of nitro groups is 1. The number of para-hydroxylation sites is 1. The van der Waals surface area contributed by atoms with E-state index in [9.17, 15) is 14.9 Å². The van der Waals surface area contributed by atoms with E-state index in [-0.39, 0.29) is 17.1 Å². The molecule has 3 heterocycles. The summed E-state index contributed by atoms with van der Waals surface area (Å²) in [5.74, 6) is 0.642. The van der Waals surface area contributed by atoms with Crippen molar-refractivity contribution >= 4 is 49.7 Å². The number of rotatable bonds is 5. The van der Waals surface area contributed by atoms with Crippen molar-refractivity contribution in [1.82, 2.24) is 14.2 Å². The first-order valence-corrected chi connectivity index (χ1v) is 11.9. The first-order chi connectivity index (χ1) is 18.0. The van der Waals surface area contributed by atoms with Crippen LogP contribution in [0.4, 0.5) is 5.69 Å². The molecule has 37 heavy (non-hydrogen) atoms. The van der Waals surface area contributed by atoms with Crippen molar-refractivity contribution in [2.45, 2.75) is 0 Å². The largest absolute Gasteiger partial charge is 0.453 e. The quantitative estimate of drug-likeness (QED) is 0.144. The van der Waals surface area contributed by atoms with E-state index in [1.54, 1.807) is 53.2 Å². The van der Waals surface area contributed by atoms with Gasteiger partial charge in [-0.05, 0) is 54.6 Å². The normalized spacial score (nSPS) is 11.6. The van der Waals surface area contributed by atoms with Crippen LogP contribution in [0.5, 0.6) is 0 Å². The van der Waals surface area contributed by atoms with E-state index in [0.717, 1.165) is 9.86 Å². The molecular weight excluding hydrogens is 538 g/mol. The second-order valence-electron chi connectivity index (χ2n) is 8.19. The summed E-state index contributed by atoms with van der Waals surface area (Å²) in [6, 6.07) is 24.3. The zero-order valence-electron chi connectivity index (χ0n) is 19.0. The molecule has 0 aliphatic rings. The second-order valence-corrected chi connectivity index (χ2v) is 9.10. The lowest BCUT2D eigenvalue weighted by molar-refractivity contribution is -0.384. The maximum Gasteiger partial charge on any atom is 0.282 e. The monoisotopic (exact) mass is 553 g/mol. The number of aromatic nitrogens is 3. The van der Waals surface area contributed by atoms with Crippen LogP contribution in [0.2, 0.25) is 0 Å². The van der Waals surface area contributed by atoms with Crippen LogP contribution in [0.25, 0.3) is 39.1 Å². The first kappa shape index (κ1) is 22.6. The lowest BCUT2D eigenvalue weighted by Gasteiger charge is -2.08. The Hall–Kier alpha value is -4.83. The molecule has 0 N–H and O–H groups in total. The molecule has 9 nitrogen and oxygen atoms in total. The highest BCUT2D eigenvalue weighted by Gasteiger charge is 2.17. The maximum atomic E-state index is 13.5. The van der Waals surface area contributed by atoms with E-state index in [1.165, 1.54) is 23.0 Å². The van der Waals surface area contributed by atoms with Crippen LogP contribution in [0.1, 0.15) is 5.69 Å². The molecule has 10 heteroatoms. The summed E-state index contributed by atoms with van der Waals surface area (Å²) < 4.78 is 9.89. The zero-order chi connectivity index (χ0) is 25.5. The Morgan fingerprint density at radius 3 is 2.73 bits per heavy atom. The van der Waals surface area contributed by atoms with Gasteiger partial charge in [-0.25, -0.2) is 4.98 Å². The predicted molar refractivity (Wildman–Crippen MR) is 144 cm³/mol. The van der Waals surface area contributed by atoms with Crippen molar-refractivity contribution in [3.63, 3.8) is 0 Å². The molecule has 6 rings (SSSR count). The van der Waals surface area contributed by atoms with Crippen molar-refractivity contribution in [3.8, 4) is 17.3 Å². The van der Waals surface area contributed by atoms with Gasteiger partial charge in [-0.1, -0.05) is 34.1 Å². The Balaban J connectivity index is 1.50. The summed E-state index contributed by atoms with van der Waals surface area (Å²) in [7, 11) is 0. The minimum atomic E-state index is -0.445. The molecule has 0 radical (unpaired) electrons. The molecule has 0 atom stereocenters. The molecular formula is C27H16BrN5O4. The number of benzene rings is 3. The lowest BCUT2D eigenvalue weighted by atomic mass is 10.2. The highest BCUT2D eigenvalue weighted by Crippen LogP contribution is 2.29. The molecule has 0 aliphatic heterocycles. The van der Waals surface area contributed by atoms with Crippen molar-refractivity contribution in [1.29, 1.82) is 0 Å². The Morgan fingerprint density at radius 2 is 1.86 bits per heavy atom. The minimum absolute atomic E-state index is 0.0251. The Morgan fingerprint density at radius 1 is 1.00 bits per heavy atom. The smallest absolute Gasteiger partial charge is 0.282 e. The average molecular weight is 554 g/mol. The zero-order valence-corrected chi connectivity index (χ0v) is 20.6. The van der Waals surface area contributed by atoms with E-state index in [1.807, 2.05) is 30.3 Å². The predicted octanol–water partition coefficient (Wildman–Crippen LogP) is 6.15. The fourth-order valence-corrected chi connectivity index (χ4v) is 4.50. The van der Waals surface area contributed by atoms with E-state index >= 15 is 0 Å². The first-order valence-electron chi connectivity index (χ1n) is 11.2. The van der Waals surface area contributed by atoms with Gasteiger partial charge < -0.3 is 8.98 Å². The Bertz CT molecular complexity index is 1920. The highest BCUT2D eigenvalue weighted by atomic mass is 79.9. The molecule has 6 aromatic rings. The molecule has 3 aromatic carbocycles. The van der Waals surface area contributed by atoms with Gasteiger partial charge in [0.2, 0.25) is 5.82 Å². The summed E-state index contributed by atoms with van der Waals surface area (Å²) in [6.07, 6.45) is 3.28. The van der Waals surface area contributed by atoms with E-state index in [0.29, 0.717) is 33.6 Å². The van der Waals surface area contributed by atoms with Gasteiger partial charge in [0.05, 0.1) is 33.4 Å². The van der Waals surface area contributed by atoms with Crippen LogP contribution in [0.3, 0.4) is 0 Å². The minimum Gasteiger partial charge on any atom is -0.453 e.